The van der Waals surface area contributed by atoms with Gasteiger partial charge in [0, 0.05) is 53.9 Å². The molecule has 24 heteroatoms. The van der Waals surface area contributed by atoms with Crippen LogP contribution in [0, 0.1) is 57.2 Å². The van der Waals surface area contributed by atoms with Gasteiger partial charge in [0.2, 0.25) is 0 Å². The molecule has 24 nitrogen and oxygen atoms in total. The summed E-state index contributed by atoms with van der Waals surface area (Å²) in [6.45, 7) is 29.2. The minimum Gasteiger partial charge on any atom is -0.462 e. The van der Waals surface area contributed by atoms with Crippen molar-refractivity contribution in [2.24, 2.45) is 57.2 Å². The number of fused-ring (bicyclic) bond motifs is 7. The van der Waals surface area contributed by atoms with Gasteiger partial charge in [-0.15, -0.1) is 0 Å². The molecule has 4 aliphatic carbocycles. The Morgan fingerprint density at radius 1 is 0.538 bits per heavy atom. The number of esters is 8. The van der Waals surface area contributed by atoms with E-state index in [0.717, 1.165) is 93.1 Å². The van der Waals surface area contributed by atoms with E-state index < -0.39 is 169 Å². The van der Waals surface area contributed by atoms with Crippen molar-refractivity contribution < 1.29 is 114 Å². The first-order valence-corrected chi connectivity index (χ1v) is 32.8. The van der Waals surface area contributed by atoms with Gasteiger partial charge in [0.25, 0.3) is 0 Å². The SMILES string of the molecule is CC(=O)O[C@@H]1[C@@H](OC(C)=O)[C@H](C)O[C@@H](O[C@H]2[C@H](O[C@H]3CC[C@@]4(C)C(=CC[C@H]5[C@@H]6C[C@@H]7O[C@]8(CC[C@@H](C)CO8)[C@@H](C)[C@@H]7[C@@]6(C)CC[C@@H]54)C3)O[C@H](COC(=O)C(C)(C)C)[C@@H](O[C@@H]3O[C@@H](C)[C@H](OC(C)=O)[C@@H](OC(C)=O)[C@H]3OC(C)=O)[C@@H]2OC(=O)C(C)(C)C)[C@@H]1OC(C)=O. The van der Waals surface area contributed by atoms with Crippen molar-refractivity contribution in [1.29, 1.82) is 0 Å². The Balaban J connectivity index is 1.11. The maximum atomic E-state index is 14.8. The number of rotatable bonds is 15. The van der Waals surface area contributed by atoms with Crippen LogP contribution in [-0.4, -0.2) is 171 Å². The molecular weight excluding hydrogens is 1190 g/mol. The summed E-state index contributed by atoms with van der Waals surface area (Å²) >= 11 is 0. The molecule has 9 aliphatic rings. The first kappa shape index (κ1) is 70.5. The molecule has 91 heavy (non-hydrogen) atoms. The first-order chi connectivity index (χ1) is 42.4. The van der Waals surface area contributed by atoms with E-state index in [2.05, 4.69) is 33.8 Å². The summed E-state index contributed by atoms with van der Waals surface area (Å²) in [5.41, 5.74) is -1.14. The lowest BCUT2D eigenvalue weighted by atomic mass is 9.47. The monoisotopic (exact) mass is 1290 g/mol. The number of hydrogen-bond acceptors (Lipinski definition) is 24. The van der Waals surface area contributed by atoms with Gasteiger partial charge in [-0.05, 0) is 147 Å². The number of carbonyl (C=O) groups excluding carboxylic acids is 8. The van der Waals surface area contributed by atoms with Crippen molar-refractivity contribution in [3.05, 3.63) is 11.6 Å². The van der Waals surface area contributed by atoms with E-state index >= 15 is 0 Å². The number of carbonyl (C=O) groups is 8. The van der Waals surface area contributed by atoms with Crippen molar-refractivity contribution >= 4 is 47.8 Å². The Kier molecular flexibility index (Phi) is 21.0. The van der Waals surface area contributed by atoms with Gasteiger partial charge in [0.05, 0.1) is 41.9 Å². The van der Waals surface area contributed by atoms with Crippen molar-refractivity contribution in [2.45, 2.75) is 293 Å². The highest BCUT2D eigenvalue weighted by Gasteiger charge is 2.69. The molecule has 9 rings (SSSR count). The average Bonchev–Trinajstić information content (AvgIpc) is 1.56. The van der Waals surface area contributed by atoms with Gasteiger partial charge in [-0.25, -0.2) is 0 Å². The molecule has 1 spiro atoms. The van der Waals surface area contributed by atoms with Gasteiger partial charge in [-0.1, -0.05) is 39.3 Å². The fourth-order valence-electron chi connectivity index (χ4n) is 16.7. The lowest BCUT2D eigenvalue weighted by molar-refractivity contribution is -0.389. The van der Waals surface area contributed by atoms with E-state index in [1.165, 1.54) is 19.4 Å². The van der Waals surface area contributed by atoms with E-state index in [1.54, 1.807) is 41.5 Å². The first-order valence-electron chi connectivity index (χ1n) is 32.8. The summed E-state index contributed by atoms with van der Waals surface area (Å²) in [7, 11) is 0. The van der Waals surface area contributed by atoms with E-state index in [0.29, 0.717) is 42.4 Å². The summed E-state index contributed by atoms with van der Waals surface area (Å²) in [6.07, 6.45) is -13.4. The van der Waals surface area contributed by atoms with Crippen LogP contribution in [0.3, 0.4) is 0 Å². The molecule has 5 heterocycles. The molecule has 0 aromatic heterocycles. The Morgan fingerprint density at radius 3 is 1.54 bits per heavy atom. The molecule has 5 saturated heterocycles. The summed E-state index contributed by atoms with van der Waals surface area (Å²) in [4.78, 5) is 106. The van der Waals surface area contributed by atoms with Crippen LogP contribution in [0.15, 0.2) is 11.6 Å². The van der Waals surface area contributed by atoms with Crippen LogP contribution in [0.1, 0.15) is 182 Å². The Bertz CT molecular complexity index is 2740. The van der Waals surface area contributed by atoms with Gasteiger partial charge in [-0.2, -0.15) is 0 Å². The second-order valence-electron chi connectivity index (χ2n) is 29.9. The minimum atomic E-state index is -1.77. The molecule has 0 radical (unpaired) electrons. The summed E-state index contributed by atoms with van der Waals surface area (Å²) < 4.78 is 102. The van der Waals surface area contributed by atoms with E-state index in [-0.39, 0.29) is 22.9 Å². The third kappa shape index (κ3) is 14.7. The highest BCUT2D eigenvalue weighted by atomic mass is 16.8. The number of hydrogen-bond donors (Lipinski definition) is 0. The zero-order chi connectivity index (χ0) is 66.8. The fourth-order valence-corrected chi connectivity index (χ4v) is 16.7. The quantitative estimate of drug-likeness (QED) is 0.0856. The number of ether oxygens (including phenoxy) is 16. The van der Waals surface area contributed by atoms with Crippen LogP contribution in [-0.2, 0) is 114 Å². The van der Waals surface area contributed by atoms with Gasteiger partial charge in [-0.3, -0.25) is 38.4 Å². The highest BCUT2D eigenvalue weighted by Crippen LogP contribution is 2.71. The van der Waals surface area contributed by atoms with E-state index in [4.69, 9.17) is 75.8 Å². The van der Waals surface area contributed by atoms with Crippen LogP contribution < -0.4 is 0 Å². The van der Waals surface area contributed by atoms with Crippen molar-refractivity contribution in [2.75, 3.05) is 13.2 Å². The number of allylic oxidation sites excluding steroid dienone is 1. The van der Waals surface area contributed by atoms with Crippen LogP contribution in [0.25, 0.3) is 0 Å². The fraction of sp³-hybridized carbons (Fsp3) is 0.851. The molecule has 0 amide bonds. The average molecular weight is 1290 g/mol. The van der Waals surface area contributed by atoms with E-state index in [9.17, 15) is 38.4 Å². The van der Waals surface area contributed by atoms with Gasteiger partial charge < -0.3 is 75.8 Å². The molecule has 0 aromatic rings. The second kappa shape index (κ2) is 27.1. The molecule has 512 valence electrons. The molecular formula is C67H100O24. The molecule has 26 atom stereocenters. The Labute approximate surface area is 534 Å². The zero-order valence-corrected chi connectivity index (χ0v) is 56.4. The van der Waals surface area contributed by atoms with E-state index in [1.807, 2.05) is 0 Å². The molecule has 3 saturated carbocycles. The maximum absolute atomic E-state index is 14.8. The predicted octanol–water partition coefficient (Wildman–Crippen LogP) is 7.86. The summed E-state index contributed by atoms with van der Waals surface area (Å²) in [5, 5.41) is 0. The highest BCUT2D eigenvalue weighted by molar-refractivity contribution is 5.76. The third-order valence-corrected chi connectivity index (χ3v) is 20.9. The maximum Gasteiger partial charge on any atom is 0.311 e. The zero-order valence-electron chi connectivity index (χ0n) is 56.4. The van der Waals surface area contributed by atoms with Crippen LogP contribution in [0.5, 0.6) is 0 Å². The smallest absolute Gasteiger partial charge is 0.311 e. The van der Waals surface area contributed by atoms with Crippen LogP contribution >= 0.6 is 0 Å². The molecule has 0 aromatic carbocycles. The second-order valence-corrected chi connectivity index (χ2v) is 29.9. The lowest BCUT2D eigenvalue weighted by Gasteiger charge is -2.59. The van der Waals surface area contributed by atoms with Crippen LogP contribution in [0.2, 0.25) is 0 Å². The molecule has 0 N–H and O–H groups in total. The van der Waals surface area contributed by atoms with Crippen LogP contribution in [0.4, 0.5) is 0 Å². The summed E-state index contributed by atoms with van der Waals surface area (Å²) in [6, 6.07) is 0. The Morgan fingerprint density at radius 2 is 1.03 bits per heavy atom. The molecule has 0 unspecified atom stereocenters. The molecule has 8 fully saturated rings. The largest absolute Gasteiger partial charge is 0.462 e. The van der Waals surface area contributed by atoms with Crippen molar-refractivity contribution in [3.8, 4) is 0 Å². The minimum absolute atomic E-state index is 0.0931. The lowest BCUT2D eigenvalue weighted by Crippen LogP contribution is -2.68. The van der Waals surface area contributed by atoms with Gasteiger partial charge in [0.15, 0.2) is 73.5 Å². The van der Waals surface area contributed by atoms with Gasteiger partial charge >= 0.3 is 47.8 Å². The standard InChI is InChI=1S/C67H100O24/c1-31-21-26-67(77-29-31)32(2)48-46(91-67)28-45-43-20-19-41-27-42(22-24-65(41,17)44(43)23-25-66(45,48)18)86-60-57(89-59-56(85-40(10)73)53(83-38(8)71)50(34(4)79-59)81-36(6)69)54(90-62(75)64(14,15)16)51(47(87-60)30-76-61(74)63(11,12)13)88-58-55(84-39(9)72)52(82-37(7)70)49(33(3)78-58)80-35(5)68/h19,31-34,42-60H,20-30H2,1-18H3/t31-,32+,33+,34+,42+,43-,44+,45+,46+,47-,48+,49+,50+,51-,52-,53-,54+,55-,56-,57-,58+,59+,60-,65+,66+,67-/m1/s1. The molecule has 0 bridgehead atoms. The van der Waals surface area contributed by atoms with Gasteiger partial charge in [0.1, 0.15) is 18.8 Å². The topological polar surface area (TPSA) is 284 Å². The van der Waals surface area contributed by atoms with Crippen molar-refractivity contribution in [1.82, 2.24) is 0 Å². The molecule has 5 aliphatic heterocycles. The Hall–Kier alpha value is -4.82. The summed E-state index contributed by atoms with van der Waals surface area (Å²) in [5.74, 6) is -4.46. The normalized spacial score (nSPS) is 42.8. The predicted molar refractivity (Wildman–Crippen MR) is 317 cm³/mol. The third-order valence-electron chi connectivity index (χ3n) is 20.9. The van der Waals surface area contributed by atoms with Crippen molar-refractivity contribution in [3.63, 3.8) is 0 Å².